The molecule has 1 heterocycles. The number of rotatable bonds is 3. The van der Waals surface area contributed by atoms with Gasteiger partial charge in [0.25, 0.3) is 5.91 Å². The van der Waals surface area contributed by atoms with Gasteiger partial charge in [0.2, 0.25) is 0 Å². The number of nitrogens with zero attached hydrogens (tertiary/aromatic N) is 2. The van der Waals surface area contributed by atoms with E-state index in [1.165, 1.54) is 0 Å². The Hall–Kier alpha value is -0.940. The molecule has 3 atom stereocenters. The zero-order valence-corrected chi connectivity index (χ0v) is 12.1. The molecule has 0 bridgehead atoms. The summed E-state index contributed by atoms with van der Waals surface area (Å²) < 4.78 is 0. The van der Waals surface area contributed by atoms with E-state index in [9.17, 15) is 9.90 Å². The molecule has 0 aromatic rings. The van der Waals surface area contributed by atoms with Crippen LogP contribution in [0.15, 0.2) is 5.10 Å². The monoisotopic (exact) mass is 267 g/mol. The Morgan fingerprint density at radius 1 is 1.42 bits per heavy atom. The Balaban J connectivity index is 2.26. The maximum atomic E-state index is 12.5. The first-order valence-corrected chi connectivity index (χ1v) is 7.16. The molecule has 0 radical (unpaired) electrons. The highest BCUT2D eigenvalue weighted by Crippen LogP contribution is 2.35. The van der Waals surface area contributed by atoms with E-state index < -0.39 is 6.10 Å². The lowest BCUT2D eigenvalue weighted by molar-refractivity contribution is -0.135. The molecule has 0 aromatic carbocycles. The van der Waals surface area contributed by atoms with Crippen molar-refractivity contribution in [2.45, 2.75) is 58.6 Å². The number of carbonyl (C=O) groups excluding carboxylic acids is 1. The van der Waals surface area contributed by atoms with Crippen molar-refractivity contribution >= 4 is 11.6 Å². The maximum Gasteiger partial charge on any atom is 0.251 e. The van der Waals surface area contributed by atoms with Crippen LogP contribution < -0.4 is 5.73 Å². The minimum atomic E-state index is -0.439. The maximum absolute atomic E-state index is 12.5. The van der Waals surface area contributed by atoms with Gasteiger partial charge in [0.1, 0.15) is 0 Å². The first-order valence-electron chi connectivity index (χ1n) is 7.16. The van der Waals surface area contributed by atoms with Crippen molar-refractivity contribution in [3.63, 3.8) is 0 Å². The van der Waals surface area contributed by atoms with E-state index in [4.69, 9.17) is 5.73 Å². The van der Waals surface area contributed by atoms with Crippen LogP contribution in [0.1, 0.15) is 46.5 Å². The molecule has 1 amide bonds. The predicted octanol–water partition coefficient (Wildman–Crippen LogP) is 1.11. The lowest BCUT2D eigenvalue weighted by Gasteiger charge is -2.23. The molecular weight excluding hydrogens is 242 g/mol. The molecule has 5 nitrogen and oxygen atoms in total. The zero-order chi connectivity index (χ0) is 14.2. The number of hydrazone groups is 1. The summed E-state index contributed by atoms with van der Waals surface area (Å²) in [5.74, 6) is -0.195. The minimum absolute atomic E-state index is 0.0151. The fourth-order valence-corrected chi connectivity index (χ4v) is 3.05. The van der Waals surface area contributed by atoms with Crippen molar-refractivity contribution in [1.29, 1.82) is 0 Å². The van der Waals surface area contributed by atoms with Crippen molar-refractivity contribution in [3.8, 4) is 0 Å². The third-order valence-corrected chi connectivity index (χ3v) is 4.05. The lowest BCUT2D eigenvalue weighted by atomic mass is 9.81. The molecule has 1 saturated carbocycles. The van der Waals surface area contributed by atoms with E-state index in [1.54, 1.807) is 5.01 Å². The van der Waals surface area contributed by atoms with Gasteiger partial charge < -0.3 is 10.8 Å². The number of aliphatic hydroxyl groups excluding tert-OH is 1. The molecule has 1 aliphatic heterocycles. The molecule has 108 valence electrons. The van der Waals surface area contributed by atoms with Crippen molar-refractivity contribution < 1.29 is 9.90 Å². The number of amides is 1. The predicted molar refractivity (Wildman–Crippen MR) is 74.5 cm³/mol. The van der Waals surface area contributed by atoms with Crippen LogP contribution in [-0.2, 0) is 4.79 Å². The van der Waals surface area contributed by atoms with Crippen LogP contribution in [0.5, 0.6) is 0 Å². The summed E-state index contributed by atoms with van der Waals surface area (Å²) in [6, 6.07) is -0.146. The summed E-state index contributed by atoms with van der Waals surface area (Å²) in [4.78, 5) is 12.5. The number of carbonyl (C=O) groups is 1. The average molecular weight is 267 g/mol. The van der Waals surface area contributed by atoms with Crippen molar-refractivity contribution in [2.75, 3.05) is 6.54 Å². The van der Waals surface area contributed by atoms with Crippen LogP contribution in [0, 0.1) is 11.3 Å². The van der Waals surface area contributed by atoms with Gasteiger partial charge in [-0.25, -0.2) is 5.01 Å². The Bertz CT molecular complexity index is 387. The molecule has 5 heteroatoms. The van der Waals surface area contributed by atoms with Crippen LogP contribution in [0.4, 0.5) is 0 Å². The first-order chi connectivity index (χ1) is 8.86. The second-order valence-corrected chi connectivity index (χ2v) is 6.61. The lowest BCUT2D eigenvalue weighted by Crippen LogP contribution is -2.41. The third kappa shape index (κ3) is 2.67. The number of hydrogen-bond acceptors (Lipinski definition) is 4. The largest absolute Gasteiger partial charge is 0.391 e. The van der Waals surface area contributed by atoms with Gasteiger partial charge in [-0.3, -0.25) is 4.79 Å². The summed E-state index contributed by atoms with van der Waals surface area (Å²) >= 11 is 0. The van der Waals surface area contributed by atoms with E-state index in [1.807, 2.05) is 0 Å². The molecule has 0 saturated heterocycles. The van der Waals surface area contributed by atoms with Crippen LogP contribution in [0.2, 0.25) is 0 Å². The molecule has 3 unspecified atom stereocenters. The highest BCUT2D eigenvalue weighted by molar-refractivity contribution is 6.10. The van der Waals surface area contributed by atoms with Crippen molar-refractivity contribution in [2.24, 2.45) is 22.2 Å². The summed E-state index contributed by atoms with van der Waals surface area (Å²) in [5.41, 5.74) is 6.39. The van der Waals surface area contributed by atoms with E-state index >= 15 is 0 Å². The normalized spacial score (nSPS) is 32.1. The second kappa shape index (κ2) is 5.21. The van der Waals surface area contributed by atoms with E-state index in [0.717, 1.165) is 25.0 Å². The molecule has 2 aliphatic rings. The third-order valence-electron chi connectivity index (χ3n) is 4.05. The van der Waals surface area contributed by atoms with Gasteiger partial charge in [-0.05, 0) is 32.2 Å². The van der Waals surface area contributed by atoms with Crippen LogP contribution >= 0.6 is 0 Å². The Morgan fingerprint density at radius 2 is 2.11 bits per heavy atom. The minimum Gasteiger partial charge on any atom is -0.391 e. The molecule has 0 spiro atoms. The van der Waals surface area contributed by atoms with Gasteiger partial charge in [0.05, 0.1) is 23.8 Å². The topological polar surface area (TPSA) is 78.9 Å². The fourth-order valence-electron chi connectivity index (χ4n) is 3.05. The van der Waals surface area contributed by atoms with Gasteiger partial charge >= 0.3 is 0 Å². The van der Waals surface area contributed by atoms with Gasteiger partial charge in [0.15, 0.2) is 0 Å². The summed E-state index contributed by atoms with van der Waals surface area (Å²) in [5, 5.41) is 16.1. The Labute approximate surface area is 114 Å². The Morgan fingerprint density at radius 3 is 2.58 bits per heavy atom. The van der Waals surface area contributed by atoms with Gasteiger partial charge in [0, 0.05) is 5.41 Å². The van der Waals surface area contributed by atoms with Gasteiger partial charge in [-0.1, -0.05) is 20.8 Å². The van der Waals surface area contributed by atoms with Crippen LogP contribution in [0.25, 0.3) is 0 Å². The molecule has 3 N–H and O–H groups in total. The average Bonchev–Trinajstić information content (AvgIpc) is 2.84. The summed E-state index contributed by atoms with van der Waals surface area (Å²) in [7, 11) is 0. The molecule has 1 aliphatic carbocycles. The molecule has 1 fully saturated rings. The standard InChI is InChI=1S/C14H25N3O2/c1-14(2,3)12-9(7-8-15)13(19)17(16-12)10-5-4-6-11(10)18/h9-11,18H,4-8,15H2,1-3H3. The highest BCUT2D eigenvalue weighted by atomic mass is 16.3. The van der Waals surface area contributed by atoms with Gasteiger partial charge in [-0.15, -0.1) is 0 Å². The van der Waals surface area contributed by atoms with Gasteiger partial charge in [-0.2, -0.15) is 5.10 Å². The van der Waals surface area contributed by atoms with Crippen molar-refractivity contribution in [3.05, 3.63) is 0 Å². The fraction of sp³-hybridized carbons (Fsp3) is 0.857. The molecule has 19 heavy (non-hydrogen) atoms. The van der Waals surface area contributed by atoms with E-state index in [2.05, 4.69) is 25.9 Å². The van der Waals surface area contributed by atoms with E-state index in [0.29, 0.717) is 13.0 Å². The highest BCUT2D eigenvalue weighted by Gasteiger charge is 2.45. The first kappa shape index (κ1) is 14.5. The molecular formula is C14H25N3O2. The smallest absolute Gasteiger partial charge is 0.251 e. The summed E-state index contributed by atoms with van der Waals surface area (Å²) in [6.07, 6.45) is 2.75. The molecule has 2 rings (SSSR count). The van der Waals surface area contributed by atoms with E-state index in [-0.39, 0.29) is 23.3 Å². The molecule has 0 aromatic heterocycles. The number of hydrogen-bond donors (Lipinski definition) is 2. The zero-order valence-electron chi connectivity index (χ0n) is 12.1. The SMILES string of the molecule is CC(C)(C)C1=NN(C2CCCC2O)C(=O)C1CCN. The summed E-state index contributed by atoms with van der Waals surface area (Å²) in [6.45, 7) is 6.68. The Kier molecular flexibility index (Phi) is 3.97. The van der Waals surface area contributed by atoms with Crippen molar-refractivity contribution in [1.82, 2.24) is 5.01 Å². The van der Waals surface area contributed by atoms with Crippen LogP contribution in [-0.4, -0.2) is 40.4 Å². The second-order valence-electron chi connectivity index (χ2n) is 6.61. The van der Waals surface area contributed by atoms with Crippen LogP contribution in [0.3, 0.4) is 0 Å². The number of nitrogens with two attached hydrogens (primary N) is 1. The quantitative estimate of drug-likeness (QED) is 0.804. The number of aliphatic hydroxyl groups is 1.